The predicted octanol–water partition coefficient (Wildman–Crippen LogP) is 0.745. The summed E-state index contributed by atoms with van der Waals surface area (Å²) >= 11 is 0. The molecule has 2 atom stereocenters. The minimum atomic E-state index is -0.431. The third-order valence-electron chi connectivity index (χ3n) is 3.33. The lowest BCUT2D eigenvalue weighted by Gasteiger charge is -2.18. The first-order chi connectivity index (χ1) is 9.24. The van der Waals surface area contributed by atoms with Crippen LogP contribution in [0.4, 0.5) is 0 Å². The van der Waals surface area contributed by atoms with Gasteiger partial charge in [0.15, 0.2) is 5.82 Å². The largest absolute Gasteiger partial charge is 0.381 e. The lowest BCUT2D eigenvalue weighted by molar-refractivity contribution is 0.0773. The summed E-state index contributed by atoms with van der Waals surface area (Å²) in [5.74, 6) is 1.33. The molecule has 3 heterocycles. The molecule has 0 bridgehead atoms. The molecule has 7 nitrogen and oxygen atoms in total. The molecule has 0 aliphatic carbocycles. The molecule has 1 fully saturated rings. The number of hydrogen-bond donors (Lipinski definition) is 1. The van der Waals surface area contributed by atoms with Crippen LogP contribution in [0, 0.1) is 0 Å². The summed E-state index contributed by atoms with van der Waals surface area (Å²) in [6.07, 6.45) is 5.61. The zero-order valence-corrected chi connectivity index (χ0v) is 10.8. The van der Waals surface area contributed by atoms with E-state index in [0.29, 0.717) is 18.3 Å². The highest BCUT2D eigenvalue weighted by molar-refractivity contribution is 5.17. The maximum absolute atomic E-state index is 6.09. The number of aromatic nitrogens is 4. The van der Waals surface area contributed by atoms with Crippen LogP contribution in [0.25, 0.3) is 0 Å². The van der Waals surface area contributed by atoms with Gasteiger partial charge < -0.3 is 15.0 Å². The molecule has 0 saturated carbocycles. The quantitative estimate of drug-likeness (QED) is 0.878. The highest BCUT2D eigenvalue weighted by atomic mass is 16.5. The van der Waals surface area contributed by atoms with Gasteiger partial charge in [0.25, 0.3) is 0 Å². The summed E-state index contributed by atoms with van der Waals surface area (Å²) in [7, 11) is 1.84. The first-order valence-electron chi connectivity index (χ1n) is 6.39. The van der Waals surface area contributed by atoms with Gasteiger partial charge in [0.05, 0.1) is 12.8 Å². The van der Waals surface area contributed by atoms with Crippen molar-refractivity contribution in [3.8, 4) is 0 Å². The Kier molecular flexibility index (Phi) is 3.31. The number of hydrogen-bond acceptors (Lipinski definition) is 6. The van der Waals surface area contributed by atoms with Crippen LogP contribution < -0.4 is 5.73 Å². The van der Waals surface area contributed by atoms with Gasteiger partial charge >= 0.3 is 0 Å². The number of ether oxygens (including phenoxy) is 1. The Hall–Kier alpha value is -1.73. The molecular formula is C12H17N5O2. The summed E-state index contributed by atoms with van der Waals surface area (Å²) < 4.78 is 12.4. The van der Waals surface area contributed by atoms with Gasteiger partial charge in [-0.15, -0.1) is 0 Å². The second-order valence-electron chi connectivity index (χ2n) is 4.83. The van der Waals surface area contributed by atoms with Crippen LogP contribution in [0.3, 0.4) is 0 Å². The highest BCUT2D eigenvalue weighted by Crippen LogP contribution is 2.25. The smallest absolute Gasteiger partial charge is 0.248 e. The minimum Gasteiger partial charge on any atom is -0.381 e. The summed E-state index contributed by atoms with van der Waals surface area (Å²) in [4.78, 5) is 4.40. The lowest BCUT2D eigenvalue weighted by Crippen LogP contribution is -2.17. The van der Waals surface area contributed by atoms with Crippen molar-refractivity contribution in [2.24, 2.45) is 12.8 Å². The molecule has 2 N–H and O–H groups in total. The fourth-order valence-corrected chi connectivity index (χ4v) is 2.23. The van der Waals surface area contributed by atoms with E-state index in [1.54, 1.807) is 10.9 Å². The molecule has 2 aromatic rings. The fraction of sp³-hybridized carbons (Fsp3) is 0.583. The molecule has 102 valence electrons. The van der Waals surface area contributed by atoms with E-state index in [1.807, 2.05) is 13.2 Å². The van der Waals surface area contributed by atoms with Gasteiger partial charge in [-0.1, -0.05) is 5.16 Å². The van der Waals surface area contributed by atoms with Gasteiger partial charge in [-0.3, -0.25) is 4.68 Å². The molecule has 2 unspecified atom stereocenters. The number of nitrogens with zero attached hydrogens (tertiary/aromatic N) is 4. The van der Waals surface area contributed by atoms with E-state index in [-0.39, 0.29) is 5.92 Å². The Morgan fingerprint density at radius 3 is 3.11 bits per heavy atom. The Balaban J connectivity index is 1.76. The topological polar surface area (TPSA) is 92.0 Å². The zero-order valence-electron chi connectivity index (χ0n) is 10.8. The summed E-state index contributed by atoms with van der Waals surface area (Å²) in [6.45, 7) is 1.47. The maximum atomic E-state index is 6.09. The van der Waals surface area contributed by atoms with Crippen LogP contribution in [0.2, 0.25) is 0 Å². The van der Waals surface area contributed by atoms with Crippen molar-refractivity contribution >= 4 is 0 Å². The monoisotopic (exact) mass is 263 g/mol. The van der Waals surface area contributed by atoms with Crippen molar-refractivity contribution in [1.82, 2.24) is 19.9 Å². The molecule has 0 aromatic carbocycles. The number of nitrogens with two attached hydrogens (primary N) is 1. The third kappa shape index (κ3) is 2.52. The van der Waals surface area contributed by atoms with E-state index in [9.17, 15) is 0 Å². The van der Waals surface area contributed by atoms with E-state index in [4.69, 9.17) is 15.0 Å². The van der Waals surface area contributed by atoms with Gasteiger partial charge in [0.2, 0.25) is 5.89 Å². The summed E-state index contributed by atoms with van der Waals surface area (Å²) in [6, 6.07) is -0.431. The molecule has 1 aliphatic heterocycles. The maximum Gasteiger partial charge on any atom is 0.248 e. The lowest BCUT2D eigenvalue weighted by atomic mass is 10.0. The highest BCUT2D eigenvalue weighted by Gasteiger charge is 2.24. The van der Waals surface area contributed by atoms with Gasteiger partial charge in [-0.2, -0.15) is 10.1 Å². The molecule has 1 aliphatic rings. The molecule has 19 heavy (non-hydrogen) atoms. The molecule has 0 radical (unpaired) electrons. The van der Waals surface area contributed by atoms with Gasteiger partial charge in [0, 0.05) is 31.3 Å². The molecular weight excluding hydrogens is 246 g/mol. The summed E-state index contributed by atoms with van der Waals surface area (Å²) in [5.41, 5.74) is 6.95. The molecule has 0 amide bonds. The minimum absolute atomic E-state index is 0.215. The van der Waals surface area contributed by atoms with Crippen LogP contribution in [0.5, 0.6) is 0 Å². The Bertz CT molecular complexity index is 544. The van der Waals surface area contributed by atoms with E-state index in [2.05, 4.69) is 15.2 Å². The van der Waals surface area contributed by atoms with E-state index in [0.717, 1.165) is 25.0 Å². The van der Waals surface area contributed by atoms with E-state index < -0.39 is 6.04 Å². The van der Waals surface area contributed by atoms with E-state index in [1.165, 1.54) is 0 Å². The second-order valence-corrected chi connectivity index (χ2v) is 4.83. The first-order valence-corrected chi connectivity index (χ1v) is 6.39. The number of aryl methyl sites for hydroxylation is 1. The number of rotatable bonds is 3. The van der Waals surface area contributed by atoms with Crippen LogP contribution in [-0.4, -0.2) is 33.1 Å². The van der Waals surface area contributed by atoms with Crippen LogP contribution in [0.15, 0.2) is 16.9 Å². The van der Waals surface area contributed by atoms with Crippen molar-refractivity contribution in [2.45, 2.75) is 24.8 Å². The normalized spacial score (nSPS) is 21.5. The summed E-state index contributed by atoms with van der Waals surface area (Å²) in [5, 5.41) is 8.11. The van der Waals surface area contributed by atoms with Crippen molar-refractivity contribution in [2.75, 3.05) is 13.2 Å². The Labute approximate surface area is 110 Å². The zero-order chi connectivity index (χ0) is 13.2. The van der Waals surface area contributed by atoms with Crippen LogP contribution in [0.1, 0.15) is 42.1 Å². The Morgan fingerprint density at radius 2 is 2.42 bits per heavy atom. The molecule has 2 aromatic heterocycles. The van der Waals surface area contributed by atoms with Crippen molar-refractivity contribution in [1.29, 1.82) is 0 Å². The van der Waals surface area contributed by atoms with Crippen molar-refractivity contribution in [3.63, 3.8) is 0 Å². The van der Waals surface area contributed by atoms with Crippen LogP contribution >= 0.6 is 0 Å². The molecule has 0 spiro atoms. The average Bonchev–Trinajstić information content (AvgIpc) is 3.08. The van der Waals surface area contributed by atoms with Gasteiger partial charge in [0.1, 0.15) is 6.04 Å². The van der Waals surface area contributed by atoms with E-state index >= 15 is 0 Å². The standard InChI is InChI=1S/C12H17N5O2/c1-17-6-9(5-14-17)10(13)12-15-11(16-19-12)8-3-2-4-18-7-8/h5-6,8,10H,2-4,7,13H2,1H3. The average molecular weight is 263 g/mol. The Morgan fingerprint density at radius 1 is 1.53 bits per heavy atom. The third-order valence-corrected chi connectivity index (χ3v) is 3.33. The van der Waals surface area contributed by atoms with Crippen molar-refractivity contribution in [3.05, 3.63) is 29.7 Å². The van der Waals surface area contributed by atoms with Crippen molar-refractivity contribution < 1.29 is 9.26 Å². The fourth-order valence-electron chi connectivity index (χ4n) is 2.23. The molecule has 7 heteroatoms. The molecule has 3 rings (SSSR count). The van der Waals surface area contributed by atoms with Crippen LogP contribution in [-0.2, 0) is 11.8 Å². The SMILES string of the molecule is Cn1cc(C(N)c2nc(C3CCCOC3)no2)cn1. The van der Waals surface area contributed by atoms with Gasteiger partial charge in [-0.05, 0) is 12.8 Å². The second kappa shape index (κ2) is 5.10. The molecule has 1 saturated heterocycles. The first kappa shape index (κ1) is 12.3. The predicted molar refractivity (Wildman–Crippen MR) is 66.3 cm³/mol. The van der Waals surface area contributed by atoms with Gasteiger partial charge in [-0.25, -0.2) is 0 Å².